The van der Waals surface area contributed by atoms with Gasteiger partial charge in [0.15, 0.2) is 5.78 Å². The molecule has 1 saturated carbocycles. The van der Waals surface area contributed by atoms with E-state index in [1.807, 2.05) is 11.0 Å². The average molecular weight is 612 g/mol. The van der Waals surface area contributed by atoms with Gasteiger partial charge >= 0.3 is 10.2 Å². The Bertz CT molecular complexity index is 1690. The van der Waals surface area contributed by atoms with Crippen molar-refractivity contribution in [2.24, 2.45) is 5.73 Å². The maximum absolute atomic E-state index is 13.4. The van der Waals surface area contributed by atoms with Crippen LogP contribution in [0.15, 0.2) is 29.3 Å². The normalized spacial score (nSPS) is 17.3. The number of piperazine rings is 1. The minimum Gasteiger partial charge on any atom is -0.368 e. The number of Topliss-reactive ketones (excluding diaryl/α,β-unsaturated/α-hetero) is 1. The van der Waals surface area contributed by atoms with Crippen LogP contribution in [0.2, 0.25) is 0 Å². The van der Waals surface area contributed by atoms with Crippen LogP contribution in [0.5, 0.6) is 0 Å². The number of nitrogens with one attached hydrogen (secondary N) is 2. The number of nitrogens with zero attached hydrogens (tertiary/aromatic N) is 6. The van der Waals surface area contributed by atoms with Gasteiger partial charge in [0.2, 0.25) is 5.95 Å². The van der Waals surface area contributed by atoms with Gasteiger partial charge in [-0.2, -0.15) is 17.7 Å². The molecular weight excluding hydrogens is 574 g/mol. The Kier molecular flexibility index (Phi) is 8.76. The molecule has 1 atom stereocenters. The van der Waals surface area contributed by atoms with Gasteiger partial charge < -0.3 is 16.0 Å². The summed E-state index contributed by atoms with van der Waals surface area (Å²) >= 11 is 0. The van der Waals surface area contributed by atoms with Crippen LogP contribution in [0.4, 0.5) is 17.5 Å². The number of amides is 1. The largest absolute Gasteiger partial charge is 0.368 e. The highest BCUT2D eigenvalue weighted by molar-refractivity contribution is 7.87. The zero-order valence-corrected chi connectivity index (χ0v) is 25.4. The van der Waals surface area contributed by atoms with Gasteiger partial charge in [-0.15, -0.1) is 0 Å². The summed E-state index contributed by atoms with van der Waals surface area (Å²) in [4.78, 5) is 53.4. The predicted octanol–water partition coefficient (Wildman–Crippen LogP) is 1.78. The summed E-state index contributed by atoms with van der Waals surface area (Å²) in [6, 6.07) is 2.73. The number of fused-ring (bicyclic) bond motifs is 1. The SMILES string of the molecule is CC[C@H](N)C(=O)NS(=O)(=O)N1CCN(c2ccc(Nc3ncc4c(C)c(C(C)=O)c(=O)n(C5CCCC5)c4n3)nc2)CC1. The fourth-order valence-electron chi connectivity index (χ4n) is 5.71. The molecule has 0 spiro atoms. The predicted molar refractivity (Wildman–Crippen MR) is 163 cm³/mol. The van der Waals surface area contributed by atoms with Crippen LogP contribution >= 0.6 is 0 Å². The van der Waals surface area contributed by atoms with Crippen LogP contribution in [0.25, 0.3) is 11.0 Å². The van der Waals surface area contributed by atoms with E-state index in [-0.39, 0.29) is 42.0 Å². The van der Waals surface area contributed by atoms with Gasteiger partial charge in [-0.1, -0.05) is 19.8 Å². The molecule has 14 nitrogen and oxygen atoms in total. The van der Waals surface area contributed by atoms with E-state index in [4.69, 9.17) is 10.7 Å². The molecule has 3 aromatic heterocycles. The van der Waals surface area contributed by atoms with E-state index in [9.17, 15) is 22.8 Å². The Balaban J connectivity index is 1.30. The number of hydrogen-bond donors (Lipinski definition) is 3. The second kappa shape index (κ2) is 12.3. The highest BCUT2D eigenvalue weighted by Gasteiger charge is 2.30. The number of pyridine rings is 2. The van der Waals surface area contributed by atoms with Crippen molar-refractivity contribution in [1.82, 2.24) is 28.5 Å². The second-order valence-electron chi connectivity index (χ2n) is 11.0. The van der Waals surface area contributed by atoms with Gasteiger partial charge in [0.05, 0.1) is 23.5 Å². The van der Waals surface area contributed by atoms with Gasteiger partial charge in [0.25, 0.3) is 11.5 Å². The minimum absolute atomic E-state index is 0.0190. The van der Waals surface area contributed by atoms with E-state index >= 15 is 0 Å². The first-order valence-corrected chi connectivity index (χ1v) is 15.9. The summed E-state index contributed by atoms with van der Waals surface area (Å²) in [5.41, 5.74) is 7.40. The molecule has 0 aromatic carbocycles. The number of carbonyl (C=O) groups is 2. The number of aromatic nitrogens is 4. The lowest BCUT2D eigenvalue weighted by atomic mass is 10.0. The van der Waals surface area contributed by atoms with Gasteiger partial charge in [0.1, 0.15) is 11.5 Å². The number of ketones is 1. The average Bonchev–Trinajstić information content (AvgIpc) is 3.51. The third-order valence-corrected chi connectivity index (χ3v) is 9.69. The maximum atomic E-state index is 13.4. The van der Waals surface area contributed by atoms with Crippen LogP contribution in [-0.4, -0.2) is 76.2 Å². The second-order valence-corrected chi connectivity index (χ2v) is 12.7. The molecule has 0 radical (unpaired) electrons. The molecule has 3 aromatic rings. The number of anilines is 3. The lowest BCUT2D eigenvalue weighted by Crippen LogP contribution is -2.55. The van der Waals surface area contributed by atoms with Gasteiger partial charge in [-0.3, -0.25) is 19.0 Å². The van der Waals surface area contributed by atoms with E-state index in [0.29, 0.717) is 41.9 Å². The molecule has 15 heteroatoms. The quantitative estimate of drug-likeness (QED) is 0.300. The molecule has 0 unspecified atom stereocenters. The van der Waals surface area contributed by atoms with Crippen LogP contribution in [0.1, 0.15) is 67.9 Å². The first-order valence-electron chi connectivity index (χ1n) is 14.5. The monoisotopic (exact) mass is 611 g/mol. The zero-order valence-electron chi connectivity index (χ0n) is 24.5. The fourth-order valence-corrected chi connectivity index (χ4v) is 6.89. The topological polar surface area (TPSA) is 186 Å². The molecule has 1 aliphatic heterocycles. The van der Waals surface area contributed by atoms with E-state index in [0.717, 1.165) is 31.4 Å². The van der Waals surface area contributed by atoms with Crippen LogP contribution < -0.4 is 26.2 Å². The number of carbonyl (C=O) groups excluding carboxylic acids is 2. The number of aryl methyl sites for hydroxylation is 1. The van der Waals surface area contributed by atoms with Crippen molar-refractivity contribution in [3.05, 3.63) is 46.0 Å². The molecule has 0 bridgehead atoms. The highest BCUT2D eigenvalue weighted by atomic mass is 32.2. The van der Waals surface area contributed by atoms with E-state index in [1.165, 1.54) is 11.2 Å². The Morgan fingerprint density at radius 2 is 1.79 bits per heavy atom. The third kappa shape index (κ3) is 6.24. The van der Waals surface area contributed by atoms with Gasteiger partial charge in [0, 0.05) is 43.8 Å². The van der Waals surface area contributed by atoms with E-state index < -0.39 is 22.2 Å². The summed E-state index contributed by atoms with van der Waals surface area (Å²) in [5.74, 6) is -0.219. The van der Waals surface area contributed by atoms with Crippen LogP contribution in [0, 0.1) is 6.92 Å². The summed E-state index contributed by atoms with van der Waals surface area (Å²) in [7, 11) is -3.97. The van der Waals surface area contributed by atoms with Crippen molar-refractivity contribution in [2.45, 2.75) is 65.0 Å². The molecule has 1 aliphatic carbocycles. The van der Waals surface area contributed by atoms with Crippen molar-refractivity contribution in [3.8, 4) is 0 Å². The molecule has 5 rings (SSSR count). The number of rotatable bonds is 9. The lowest BCUT2D eigenvalue weighted by molar-refractivity contribution is -0.120. The van der Waals surface area contributed by atoms with Crippen molar-refractivity contribution < 1.29 is 18.0 Å². The number of hydrogen-bond acceptors (Lipinski definition) is 11. The first-order chi connectivity index (χ1) is 20.5. The minimum atomic E-state index is -3.97. The summed E-state index contributed by atoms with van der Waals surface area (Å²) < 4.78 is 30.1. The molecule has 2 aliphatic rings. The maximum Gasteiger partial charge on any atom is 0.303 e. The van der Waals surface area contributed by atoms with Crippen molar-refractivity contribution >= 4 is 50.4 Å². The van der Waals surface area contributed by atoms with Crippen molar-refractivity contribution in [3.63, 3.8) is 0 Å². The Hall–Kier alpha value is -3.95. The van der Waals surface area contributed by atoms with Crippen molar-refractivity contribution in [2.75, 3.05) is 36.4 Å². The smallest absolute Gasteiger partial charge is 0.303 e. The zero-order chi connectivity index (χ0) is 30.9. The molecule has 1 saturated heterocycles. The summed E-state index contributed by atoms with van der Waals surface area (Å²) in [5, 5.41) is 3.77. The molecule has 4 N–H and O–H groups in total. The lowest BCUT2D eigenvalue weighted by Gasteiger charge is -2.35. The Morgan fingerprint density at radius 3 is 2.40 bits per heavy atom. The molecule has 4 heterocycles. The number of nitrogens with two attached hydrogens (primary N) is 1. The first kappa shape index (κ1) is 30.5. The highest BCUT2D eigenvalue weighted by Crippen LogP contribution is 2.32. The van der Waals surface area contributed by atoms with E-state index in [2.05, 4.69) is 20.0 Å². The van der Waals surface area contributed by atoms with Crippen molar-refractivity contribution in [1.29, 1.82) is 0 Å². The summed E-state index contributed by atoms with van der Waals surface area (Å²) in [6.45, 7) is 6.09. The molecule has 1 amide bonds. The Morgan fingerprint density at radius 1 is 1.09 bits per heavy atom. The van der Waals surface area contributed by atoms with Gasteiger partial charge in [-0.25, -0.2) is 14.7 Å². The van der Waals surface area contributed by atoms with Crippen LogP contribution in [-0.2, 0) is 15.0 Å². The fraction of sp³-hybridized carbons (Fsp3) is 0.500. The third-order valence-electron chi connectivity index (χ3n) is 8.19. The summed E-state index contributed by atoms with van der Waals surface area (Å²) in [6.07, 6.45) is 7.39. The molecular formula is C28H37N9O5S. The van der Waals surface area contributed by atoms with Crippen LogP contribution in [0.3, 0.4) is 0 Å². The molecule has 230 valence electrons. The molecule has 2 fully saturated rings. The molecule has 43 heavy (non-hydrogen) atoms. The van der Waals surface area contributed by atoms with E-state index in [1.54, 1.807) is 36.9 Å². The Labute approximate surface area is 249 Å². The standard InChI is InChI=1S/C28H37N9O5S/c1-4-22(29)26(39)34-43(41,42)36-13-11-35(12-14-36)20-9-10-23(30-15-20)32-28-31-16-21-17(2)24(18(3)38)27(40)37(25(21)33-28)19-7-5-6-8-19/h9-10,15-16,19,22H,4-8,11-14,29H2,1-3H3,(H,34,39)(H,30,31,32,33)/t22-/m0/s1. The van der Waals surface area contributed by atoms with Gasteiger partial charge in [-0.05, 0) is 50.8 Å².